The predicted molar refractivity (Wildman–Crippen MR) is 68.0 cm³/mol. The van der Waals surface area contributed by atoms with Crippen LogP contribution in [0.4, 0.5) is 4.39 Å². The smallest absolute Gasteiger partial charge is 0.127 e. The number of hydrogen-bond acceptors (Lipinski definition) is 2. The summed E-state index contributed by atoms with van der Waals surface area (Å²) in [5.74, 6) is -0.399. The van der Waals surface area contributed by atoms with E-state index >= 15 is 0 Å². The van der Waals surface area contributed by atoms with Gasteiger partial charge in [0.2, 0.25) is 0 Å². The molecule has 0 aliphatic heterocycles. The average Bonchev–Trinajstić information content (AvgIpc) is 2.81. The second-order valence-electron chi connectivity index (χ2n) is 4.03. The highest BCUT2D eigenvalue weighted by atomic mass is 35.5. The summed E-state index contributed by atoms with van der Waals surface area (Å²) in [5, 5.41) is 14.5. The highest BCUT2D eigenvalue weighted by Gasteiger charge is 2.15. The molecular weight excluding hydrogens is 255 g/mol. The fraction of sp³-hybridized carbons (Fsp3) is 0.308. The molecule has 18 heavy (non-hydrogen) atoms. The van der Waals surface area contributed by atoms with E-state index in [1.165, 1.54) is 6.07 Å². The molecule has 2 rings (SSSR count). The molecule has 0 amide bonds. The maximum absolute atomic E-state index is 13.6. The van der Waals surface area contributed by atoms with Gasteiger partial charge in [0.25, 0.3) is 0 Å². The van der Waals surface area contributed by atoms with Crippen molar-refractivity contribution in [2.24, 2.45) is 0 Å². The number of aliphatic hydroxyl groups excluding tert-OH is 1. The van der Waals surface area contributed by atoms with Gasteiger partial charge < -0.3 is 5.11 Å². The first-order valence-electron chi connectivity index (χ1n) is 5.75. The maximum Gasteiger partial charge on any atom is 0.127 e. The number of hydrogen-bond donors (Lipinski definition) is 1. The minimum absolute atomic E-state index is 0.203. The van der Waals surface area contributed by atoms with Crippen molar-refractivity contribution in [3.63, 3.8) is 0 Å². The van der Waals surface area contributed by atoms with Crippen molar-refractivity contribution in [1.29, 1.82) is 0 Å². The zero-order chi connectivity index (χ0) is 13.1. The quantitative estimate of drug-likeness (QED) is 0.926. The van der Waals surface area contributed by atoms with E-state index in [-0.39, 0.29) is 6.42 Å². The molecule has 0 aliphatic rings. The molecule has 1 atom stereocenters. The van der Waals surface area contributed by atoms with Crippen LogP contribution < -0.4 is 0 Å². The lowest BCUT2D eigenvalue weighted by Crippen LogP contribution is -2.10. The van der Waals surface area contributed by atoms with Gasteiger partial charge in [-0.2, -0.15) is 5.10 Å². The molecule has 0 bridgehead atoms. The first-order valence-corrected chi connectivity index (χ1v) is 6.13. The standard InChI is InChI=1S/C13H14ClFN2O/c1-2-17-12(5-6-16-17)13(18)7-9-3-4-10(14)8-11(9)15/h3-6,8,13,18H,2,7H2,1H3. The average molecular weight is 269 g/mol. The summed E-state index contributed by atoms with van der Waals surface area (Å²) in [5.41, 5.74) is 1.13. The number of aromatic nitrogens is 2. The van der Waals surface area contributed by atoms with E-state index in [1.54, 1.807) is 29.1 Å². The number of rotatable bonds is 4. The van der Waals surface area contributed by atoms with Gasteiger partial charge in [-0.05, 0) is 30.7 Å². The Balaban J connectivity index is 2.18. The van der Waals surface area contributed by atoms with Crippen LogP contribution in [0.3, 0.4) is 0 Å². The van der Waals surface area contributed by atoms with Crippen molar-refractivity contribution in [2.45, 2.75) is 26.0 Å². The second kappa shape index (κ2) is 5.50. The molecule has 0 fully saturated rings. The van der Waals surface area contributed by atoms with E-state index in [4.69, 9.17) is 11.6 Å². The summed E-state index contributed by atoms with van der Waals surface area (Å²) in [6, 6.07) is 6.19. The lowest BCUT2D eigenvalue weighted by molar-refractivity contribution is 0.166. The summed E-state index contributed by atoms with van der Waals surface area (Å²) in [6.45, 7) is 2.61. The molecule has 1 aromatic heterocycles. The topological polar surface area (TPSA) is 38.0 Å². The molecule has 96 valence electrons. The normalized spacial score (nSPS) is 12.7. The Morgan fingerprint density at radius 1 is 1.44 bits per heavy atom. The van der Waals surface area contributed by atoms with Gasteiger partial charge in [0.15, 0.2) is 0 Å². The minimum atomic E-state index is -0.775. The van der Waals surface area contributed by atoms with Crippen molar-refractivity contribution >= 4 is 11.6 Å². The first-order chi connectivity index (χ1) is 8.61. The summed E-state index contributed by atoms with van der Waals surface area (Å²) in [6.07, 6.45) is 1.05. The Bertz CT molecular complexity index is 542. The zero-order valence-electron chi connectivity index (χ0n) is 9.98. The van der Waals surface area contributed by atoms with Crippen LogP contribution in [0.1, 0.15) is 24.3 Å². The fourth-order valence-electron chi connectivity index (χ4n) is 1.89. The largest absolute Gasteiger partial charge is 0.386 e. The van der Waals surface area contributed by atoms with Crippen molar-refractivity contribution in [2.75, 3.05) is 0 Å². The second-order valence-corrected chi connectivity index (χ2v) is 4.46. The molecule has 3 nitrogen and oxygen atoms in total. The van der Waals surface area contributed by atoms with Gasteiger partial charge in [-0.1, -0.05) is 17.7 Å². The van der Waals surface area contributed by atoms with Gasteiger partial charge in [0.1, 0.15) is 5.82 Å². The number of aryl methyl sites for hydroxylation is 1. The molecule has 1 unspecified atom stereocenters. The lowest BCUT2D eigenvalue weighted by Gasteiger charge is -2.13. The molecule has 0 radical (unpaired) electrons. The molecule has 0 aliphatic carbocycles. The van der Waals surface area contributed by atoms with E-state index in [9.17, 15) is 9.50 Å². The van der Waals surface area contributed by atoms with Crippen LogP contribution in [0.25, 0.3) is 0 Å². The van der Waals surface area contributed by atoms with Gasteiger partial charge in [0.05, 0.1) is 11.8 Å². The maximum atomic E-state index is 13.6. The lowest BCUT2D eigenvalue weighted by atomic mass is 10.1. The highest BCUT2D eigenvalue weighted by Crippen LogP contribution is 2.22. The number of nitrogens with zero attached hydrogens (tertiary/aromatic N) is 2. The molecule has 0 saturated heterocycles. The zero-order valence-corrected chi connectivity index (χ0v) is 10.7. The summed E-state index contributed by atoms with van der Waals surface area (Å²) >= 11 is 5.68. The summed E-state index contributed by atoms with van der Waals surface area (Å²) < 4.78 is 15.3. The van der Waals surface area contributed by atoms with Gasteiger partial charge in [-0.15, -0.1) is 0 Å². The monoisotopic (exact) mass is 268 g/mol. The van der Waals surface area contributed by atoms with Crippen molar-refractivity contribution in [3.8, 4) is 0 Å². The number of aliphatic hydroxyl groups is 1. The van der Waals surface area contributed by atoms with Gasteiger partial charge in [0, 0.05) is 24.2 Å². The Kier molecular flexibility index (Phi) is 3.99. The van der Waals surface area contributed by atoms with E-state index in [1.807, 2.05) is 6.92 Å². The van der Waals surface area contributed by atoms with E-state index in [0.29, 0.717) is 22.8 Å². The third-order valence-corrected chi connectivity index (χ3v) is 3.05. The first kappa shape index (κ1) is 13.1. The van der Waals surface area contributed by atoms with Crippen molar-refractivity contribution in [3.05, 3.63) is 52.6 Å². The molecule has 0 saturated carbocycles. The summed E-state index contributed by atoms with van der Waals surface area (Å²) in [7, 11) is 0. The third-order valence-electron chi connectivity index (χ3n) is 2.82. The molecule has 1 heterocycles. The van der Waals surface area contributed by atoms with Crippen LogP contribution in [-0.2, 0) is 13.0 Å². The minimum Gasteiger partial charge on any atom is -0.386 e. The highest BCUT2D eigenvalue weighted by molar-refractivity contribution is 6.30. The van der Waals surface area contributed by atoms with E-state index in [0.717, 1.165) is 0 Å². The van der Waals surface area contributed by atoms with Crippen LogP contribution in [0.5, 0.6) is 0 Å². The van der Waals surface area contributed by atoms with Crippen LogP contribution >= 0.6 is 11.6 Å². The molecule has 2 aromatic rings. The molecular formula is C13H14ClFN2O. The Morgan fingerprint density at radius 3 is 2.89 bits per heavy atom. The fourth-order valence-corrected chi connectivity index (χ4v) is 2.05. The van der Waals surface area contributed by atoms with Crippen LogP contribution in [-0.4, -0.2) is 14.9 Å². The van der Waals surface area contributed by atoms with Gasteiger partial charge in [-0.25, -0.2) is 4.39 Å². The predicted octanol–water partition coefficient (Wildman–Crippen LogP) is 2.97. The molecule has 0 spiro atoms. The summed E-state index contributed by atoms with van der Waals surface area (Å²) in [4.78, 5) is 0. The molecule has 1 aromatic carbocycles. The van der Waals surface area contributed by atoms with Gasteiger partial charge >= 0.3 is 0 Å². The number of benzene rings is 1. The Labute approximate surface area is 110 Å². The Morgan fingerprint density at radius 2 is 2.22 bits per heavy atom. The van der Waals surface area contributed by atoms with Gasteiger partial charge in [-0.3, -0.25) is 4.68 Å². The Hall–Kier alpha value is -1.39. The van der Waals surface area contributed by atoms with E-state index in [2.05, 4.69) is 5.10 Å². The van der Waals surface area contributed by atoms with E-state index < -0.39 is 11.9 Å². The van der Waals surface area contributed by atoms with Crippen molar-refractivity contribution < 1.29 is 9.50 Å². The third kappa shape index (κ3) is 2.71. The van der Waals surface area contributed by atoms with Crippen LogP contribution in [0, 0.1) is 5.82 Å². The van der Waals surface area contributed by atoms with Crippen LogP contribution in [0.15, 0.2) is 30.5 Å². The SMILES string of the molecule is CCn1nccc1C(O)Cc1ccc(Cl)cc1F. The van der Waals surface area contributed by atoms with Crippen molar-refractivity contribution in [1.82, 2.24) is 9.78 Å². The molecule has 5 heteroatoms. The number of halogens is 2. The molecule has 1 N–H and O–H groups in total. The van der Waals surface area contributed by atoms with Crippen LogP contribution in [0.2, 0.25) is 5.02 Å².